The molecule has 0 aliphatic heterocycles. The van der Waals surface area contributed by atoms with E-state index >= 15 is 0 Å². The normalized spacial score (nSPS) is 14.8. The van der Waals surface area contributed by atoms with Crippen LogP contribution < -0.4 is 5.32 Å². The van der Waals surface area contributed by atoms with Gasteiger partial charge in [0.25, 0.3) is 0 Å². The molecule has 1 atom stereocenters. The van der Waals surface area contributed by atoms with E-state index in [0.29, 0.717) is 6.04 Å². The Morgan fingerprint density at radius 3 is 2.39 bits per heavy atom. The third kappa shape index (κ3) is 6.98. The summed E-state index contributed by atoms with van der Waals surface area (Å²) in [5.41, 5.74) is -0.342. The van der Waals surface area contributed by atoms with Crippen LogP contribution in [-0.2, 0) is 0 Å². The van der Waals surface area contributed by atoms with Crippen LogP contribution in [0.2, 0.25) is 0 Å². The predicted octanol–water partition coefficient (Wildman–Crippen LogP) is 3.17. The molecule has 0 aliphatic rings. The van der Waals surface area contributed by atoms with Crippen LogP contribution in [0.1, 0.15) is 60.3 Å². The topological polar surface area (TPSA) is 39.1 Å². The highest BCUT2D eigenvalue weighted by Gasteiger charge is 2.21. The molecule has 0 aromatic carbocycles. The molecule has 18 heavy (non-hydrogen) atoms. The first-order valence-corrected chi connectivity index (χ1v) is 7.39. The number of unbranched alkanes of at least 4 members (excludes halogenated alkanes) is 1. The number of nitriles is 1. The third-order valence-electron chi connectivity index (χ3n) is 3.52. The molecular weight excluding hydrogens is 222 g/mol. The first-order valence-electron chi connectivity index (χ1n) is 7.39. The van der Waals surface area contributed by atoms with Crippen molar-refractivity contribution in [1.29, 1.82) is 5.26 Å². The molecule has 1 unspecified atom stereocenters. The molecule has 0 spiro atoms. The zero-order valence-corrected chi connectivity index (χ0v) is 12.9. The van der Waals surface area contributed by atoms with Crippen molar-refractivity contribution in [1.82, 2.24) is 10.2 Å². The molecule has 0 aromatic heterocycles. The average molecular weight is 253 g/mol. The van der Waals surface area contributed by atoms with E-state index < -0.39 is 0 Å². The highest BCUT2D eigenvalue weighted by atomic mass is 15.1. The zero-order valence-electron chi connectivity index (χ0n) is 12.9. The molecule has 0 rings (SSSR count). The number of rotatable bonds is 10. The Balaban J connectivity index is 3.91. The Hall–Kier alpha value is -0.590. The molecule has 0 amide bonds. The van der Waals surface area contributed by atoms with Gasteiger partial charge >= 0.3 is 0 Å². The Kier molecular flexibility index (Phi) is 9.05. The molecule has 0 fully saturated rings. The van der Waals surface area contributed by atoms with Crippen LogP contribution in [0, 0.1) is 11.3 Å². The molecule has 0 heterocycles. The molecule has 0 saturated carbocycles. The lowest BCUT2D eigenvalue weighted by Gasteiger charge is -2.26. The summed E-state index contributed by atoms with van der Waals surface area (Å²) in [4.78, 5) is 2.48. The summed E-state index contributed by atoms with van der Waals surface area (Å²) in [6, 6.07) is 3.03. The minimum Gasteiger partial charge on any atom is -0.301 e. The number of nitrogens with one attached hydrogen (secondary N) is 1. The fraction of sp³-hybridized carbons (Fsp3) is 0.933. The minimum atomic E-state index is -0.342. The van der Waals surface area contributed by atoms with Gasteiger partial charge in [0.05, 0.1) is 6.07 Å². The van der Waals surface area contributed by atoms with E-state index in [1.807, 2.05) is 6.92 Å². The smallest absolute Gasteiger partial charge is 0.103 e. The molecular formula is C15H31N3. The number of hydrogen-bond donors (Lipinski definition) is 1. The quantitative estimate of drug-likeness (QED) is 0.608. The van der Waals surface area contributed by atoms with Gasteiger partial charge in [0.2, 0.25) is 0 Å². The van der Waals surface area contributed by atoms with Gasteiger partial charge in [0, 0.05) is 6.04 Å². The van der Waals surface area contributed by atoms with Crippen molar-refractivity contribution in [3.05, 3.63) is 0 Å². The fourth-order valence-electron chi connectivity index (χ4n) is 2.16. The molecule has 3 nitrogen and oxygen atoms in total. The second kappa shape index (κ2) is 9.35. The first kappa shape index (κ1) is 17.4. The summed E-state index contributed by atoms with van der Waals surface area (Å²) in [6.07, 6.45) is 4.31. The lowest BCUT2D eigenvalue weighted by molar-refractivity contribution is 0.226. The van der Waals surface area contributed by atoms with Gasteiger partial charge in [-0.2, -0.15) is 5.26 Å². The van der Waals surface area contributed by atoms with Crippen LogP contribution in [0.3, 0.4) is 0 Å². The predicted molar refractivity (Wildman–Crippen MR) is 78.5 cm³/mol. The molecule has 0 radical (unpaired) electrons. The van der Waals surface area contributed by atoms with Crippen molar-refractivity contribution in [2.75, 3.05) is 19.6 Å². The second-order valence-corrected chi connectivity index (χ2v) is 5.55. The Morgan fingerprint density at radius 1 is 1.28 bits per heavy atom. The summed E-state index contributed by atoms with van der Waals surface area (Å²) in [6.45, 7) is 14.0. The van der Waals surface area contributed by atoms with Gasteiger partial charge in [-0.3, -0.25) is 5.32 Å². The van der Waals surface area contributed by atoms with Gasteiger partial charge in [-0.05, 0) is 66.1 Å². The fourth-order valence-corrected chi connectivity index (χ4v) is 2.16. The molecule has 0 saturated heterocycles. The first-order chi connectivity index (χ1) is 8.49. The van der Waals surface area contributed by atoms with E-state index in [2.05, 4.69) is 44.0 Å². The minimum absolute atomic E-state index is 0.342. The van der Waals surface area contributed by atoms with Crippen molar-refractivity contribution >= 4 is 0 Å². The Morgan fingerprint density at radius 2 is 1.94 bits per heavy atom. The molecule has 0 bridgehead atoms. The summed E-state index contributed by atoms with van der Waals surface area (Å²) in [5.74, 6) is 0. The van der Waals surface area contributed by atoms with E-state index in [1.54, 1.807) is 0 Å². The largest absolute Gasteiger partial charge is 0.301 e. The lowest BCUT2D eigenvalue weighted by Crippen LogP contribution is -2.41. The van der Waals surface area contributed by atoms with E-state index in [4.69, 9.17) is 0 Å². The van der Waals surface area contributed by atoms with Gasteiger partial charge in [-0.25, -0.2) is 0 Å². The van der Waals surface area contributed by atoms with Crippen molar-refractivity contribution in [3.8, 4) is 6.07 Å². The van der Waals surface area contributed by atoms with Crippen molar-refractivity contribution in [2.24, 2.45) is 0 Å². The van der Waals surface area contributed by atoms with Gasteiger partial charge in [-0.15, -0.1) is 0 Å². The highest BCUT2D eigenvalue weighted by Crippen LogP contribution is 2.13. The molecule has 1 N–H and O–H groups in total. The lowest BCUT2D eigenvalue weighted by atomic mass is 9.96. The van der Waals surface area contributed by atoms with E-state index in [0.717, 1.165) is 38.9 Å². The van der Waals surface area contributed by atoms with Gasteiger partial charge in [0.1, 0.15) is 5.54 Å². The monoisotopic (exact) mass is 253 g/mol. The van der Waals surface area contributed by atoms with Crippen LogP contribution in [0.5, 0.6) is 0 Å². The van der Waals surface area contributed by atoms with Crippen LogP contribution in [0.4, 0.5) is 0 Å². The molecule has 3 heteroatoms. The van der Waals surface area contributed by atoms with E-state index in [9.17, 15) is 5.26 Å². The number of nitrogens with zero attached hydrogens (tertiary/aromatic N) is 2. The summed E-state index contributed by atoms with van der Waals surface area (Å²) in [5, 5.41) is 12.6. The average Bonchev–Trinajstić information content (AvgIpc) is 2.36. The van der Waals surface area contributed by atoms with Crippen LogP contribution in [-0.4, -0.2) is 36.1 Å². The molecule has 106 valence electrons. The van der Waals surface area contributed by atoms with Gasteiger partial charge in [0.15, 0.2) is 0 Å². The van der Waals surface area contributed by atoms with Crippen LogP contribution in [0.25, 0.3) is 0 Å². The molecule has 0 aromatic rings. The van der Waals surface area contributed by atoms with Crippen LogP contribution in [0.15, 0.2) is 0 Å². The van der Waals surface area contributed by atoms with E-state index in [1.165, 1.54) is 6.42 Å². The molecule has 0 aliphatic carbocycles. The van der Waals surface area contributed by atoms with E-state index in [-0.39, 0.29) is 5.54 Å². The second-order valence-electron chi connectivity index (χ2n) is 5.55. The Bertz CT molecular complexity index is 245. The SMILES string of the molecule is CCCNC(C)(C#N)CCCCN(CC)C(C)C. The Labute approximate surface area is 114 Å². The summed E-state index contributed by atoms with van der Waals surface area (Å²) >= 11 is 0. The van der Waals surface area contributed by atoms with Gasteiger partial charge < -0.3 is 4.90 Å². The zero-order chi connectivity index (χ0) is 14.0. The third-order valence-corrected chi connectivity index (χ3v) is 3.52. The number of hydrogen-bond acceptors (Lipinski definition) is 3. The van der Waals surface area contributed by atoms with Crippen molar-refractivity contribution in [3.63, 3.8) is 0 Å². The maximum atomic E-state index is 9.23. The maximum Gasteiger partial charge on any atom is 0.103 e. The summed E-state index contributed by atoms with van der Waals surface area (Å²) < 4.78 is 0. The highest BCUT2D eigenvalue weighted by molar-refractivity contribution is 5.03. The van der Waals surface area contributed by atoms with Crippen molar-refractivity contribution < 1.29 is 0 Å². The van der Waals surface area contributed by atoms with Gasteiger partial charge in [-0.1, -0.05) is 13.8 Å². The standard InChI is InChI=1S/C15H31N3/c1-6-11-17-15(5,13-16)10-8-9-12-18(7-2)14(3)4/h14,17H,6-12H2,1-5H3. The summed E-state index contributed by atoms with van der Waals surface area (Å²) in [7, 11) is 0. The van der Waals surface area contributed by atoms with Crippen molar-refractivity contribution in [2.45, 2.75) is 71.9 Å². The maximum absolute atomic E-state index is 9.23. The van der Waals surface area contributed by atoms with Crippen LogP contribution >= 0.6 is 0 Å².